The van der Waals surface area contributed by atoms with Gasteiger partial charge in [-0.25, -0.2) is 12.7 Å². The van der Waals surface area contributed by atoms with Crippen molar-refractivity contribution in [3.63, 3.8) is 0 Å². The zero-order chi connectivity index (χ0) is 14.5. The summed E-state index contributed by atoms with van der Waals surface area (Å²) < 4.78 is 26.3. The topological polar surface area (TPSA) is 49.4 Å². The second-order valence-corrected chi connectivity index (χ2v) is 8.61. The summed E-state index contributed by atoms with van der Waals surface area (Å²) in [6, 6.07) is 0. The Labute approximate surface area is 124 Å². The third-order valence-electron chi connectivity index (χ3n) is 5.05. The van der Waals surface area contributed by atoms with Gasteiger partial charge in [0.1, 0.15) is 0 Å². The molecule has 1 saturated heterocycles. The molecule has 0 atom stereocenters. The Morgan fingerprint density at radius 3 is 2.25 bits per heavy atom. The number of nitrogens with one attached hydrogen (secondary N) is 1. The summed E-state index contributed by atoms with van der Waals surface area (Å²) in [5.41, 5.74) is 0.477. The first-order valence-electron chi connectivity index (χ1n) is 8.27. The van der Waals surface area contributed by atoms with Gasteiger partial charge in [-0.3, -0.25) is 0 Å². The van der Waals surface area contributed by atoms with Crippen LogP contribution in [0.3, 0.4) is 0 Å². The lowest BCUT2D eigenvalue weighted by Crippen LogP contribution is -2.45. The number of hydrogen-bond acceptors (Lipinski definition) is 3. The summed E-state index contributed by atoms with van der Waals surface area (Å²) in [6.07, 6.45) is 9.89. The van der Waals surface area contributed by atoms with Crippen LogP contribution in [0.5, 0.6) is 0 Å². The van der Waals surface area contributed by atoms with Crippen molar-refractivity contribution in [1.29, 1.82) is 0 Å². The van der Waals surface area contributed by atoms with Crippen LogP contribution in [0.4, 0.5) is 0 Å². The van der Waals surface area contributed by atoms with Crippen molar-refractivity contribution >= 4 is 10.0 Å². The van der Waals surface area contributed by atoms with Crippen LogP contribution < -0.4 is 5.32 Å². The highest BCUT2D eigenvalue weighted by atomic mass is 32.2. The Morgan fingerprint density at radius 2 is 1.65 bits per heavy atom. The van der Waals surface area contributed by atoms with E-state index < -0.39 is 10.0 Å². The Balaban J connectivity index is 1.80. The van der Waals surface area contributed by atoms with Crippen LogP contribution in [0.25, 0.3) is 0 Å². The molecule has 0 unspecified atom stereocenters. The summed E-state index contributed by atoms with van der Waals surface area (Å²) in [7, 11) is -3.05. The molecule has 0 bridgehead atoms. The molecule has 5 heteroatoms. The van der Waals surface area contributed by atoms with E-state index in [1.807, 2.05) is 0 Å². The molecule has 0 aromatic heterocycles. The number of rotatable bonds is 6. The zero-order valence-electron chi connectivity index (χ0n) is 12.9. The third kappa shape index (κ3) is 4.18. The van der Waals surface area contributed by atoms with Gasteiger partial charge in [0.2, 0.25) is 10.0 Å². The molecule has 1 aliphatic heterocycles. The van der Waals surface area contributed by atoms with E-state index in [2.05, 4.69) is 12.2 Å². The van der Waals surface area contributed by atoms with Gasteiger partial charge in [-0.2, -0.15) is 0 Å². The Bertz CT molecular complexity index is 379. The summed E-state index contributed by atoms with van der Waals surface area (Å²) in [4.78, 5) is 0. The Kier molecular flexibility index (Phi) is 5.87. The standard InChI is InChI=1S/C15H30N2O2S/c1-2-10-16-11-14-20(18,19)17-12-8-15(9-13-17)6-4-3-5-7-15/h16H,2-14H2,1H3. The second-order valence-electron chi connectivity index (χ2n) is 6.53. The molecule has 0 radical (unpaired) electrons. The smallest absolute Gasteiger partial charge is 0.215 e. The van der Waals surface area contributed by atoms with Crippen LogP contribution >= 0.6 is 0 Å². The maximum absolute atomic E-state index is 12.3. The zero-order valence-corrected chi connectivity index (χ0v) is 13.7. The number of hydrogen-bond donors (Lipinski definition) is 1. The first-order valence-corrected chi connectivity index (χ1v) is 9.87. The van der Waals surface area contributed by atoms with Crippen molar-refractivity contribution in [3.05, 3.63) is 0 Å². The summed E-state index contributed by atoms with van der Waals surface area (Å²) in [5, 5.41) is 3.18. The molecule has 2 rings (SSSR count). The van der Waals surface area contributed by atoms with Gasteiger partial charge < -0.3 is 5.32 Å². The number of piperidine rings is 1. The van der Waals surface area contributed by atoms with E-state index in [0.29, 0.717) is 12.0 Å². The molecule has 4 nitrogen and oxygen atoms in total. The van der Waals surface area contributed by atoms with Gasteiger partial charge in [0.25, 0.3) is 0 Å². The molecule has 1 heterocycles. The molecule has 2 fully saturated rings. The van der Waals surface area contributed by atoms with Crippen LogP contribution in [0.1, 0.15) is 58.3 Å². The minimum atomic E-state index is -3.05. The number of sulfonamides is 1. The molecule has 0 amide bonds. The molecular weight excluding hydrogens is 272 g/mol. The highest BCUT2D eigenvalue weighted by Crippen LogP contribution is 2.44. The fourth-order valence-electron chi connectivity index (χ4n) is 3.67. The van der Waals surface area contributed by atoms with E-state index >= 15 is 0 Å². The SMILES string of the molecule is CCCNCCS(=O)(=O)N1CCC2(CCCCC2)CC1. The average molecular weight is 302 g/mol. The van der Waals surface area contributed by atoms with Gasteiger partial charge in [0.15, 0.2) is 0 Å². The lowest BCUT2D eigenvalue weighted by Gasteiger charge is -2.43. The first-order chi connectivity index (χ1) is 9.58. The largest absolute Gasteiger partial charge is 0.316 e. The highest BCUT2D eigenvalue weighted by molar-refractivity contribution is 7.89. The molecule has 0 aromatic rings. The van der Waals surface area contributed by atoms with Crippen molar-refractivity contribution in [2.75, 3.05) is 31.9 Å². The highest BCUT2D eigenvalue weighted by Gasteiger charge is 2.38. The molecular formula is C15H30N2O2S. The van der Waals surface area contributed by atoms with Crippen molar-refractivity contribution in [3.8, 4) is 0 Å². The van der Waals surface area contributed by atoms with E-state index in [4.69, 9.17) is 0 Å². The lowest BCUT2D eigenvalue weighted by atomic mass is 9.68. The van der Waals surface area contributed by atoms with Crippen LogP contribution in [-0.4, -0.2) is 44.7 Å². The lowest BCUT2D eigenvalue weighted by molar-refractivity contribution is 0.102. The van der Waals surface area contributed by atoms with Gasteiger partial charge in [-0.1, -0.05) is 26.2 Å². The van der Waals surface area contributed by atoms with Crippen LogP contribution in [-0.2, 0) is 10.0 Å². The van der Waals surface area contributed by atoms with Gasteiger partial charge in [0, 0.05) is 19.6 Å². The quantitative estimate of drug-likeness (QED) is 0.766. The Morgan fingerprint density at radius 1 is 1.00 bits per heavy atom. The van der Waals surface area contributed by atoms with Gasteiger partial charge in [0.05, 0.1) is 5.75 Å². The summed E-state index contributed by atoms with van der Waals surface area (Å²) >= 11 is 0. The second kappa shape index (κ2) is 7.23. The number of nitrogens with zero attached hydrogens (tertiary/aromatic N) is 1. The van der Waals surface area contributed by atoms with Crippen LogP contribution in [0, 0.1) is 5.41 Å². The maximum Gasteiger partial charge on any atom is 0.215 e. The van der Waals surface area contributed by atoms with Crippen LogP contribution in [0.2, 0.25) is 0 Å². The fraction of sp³-hybridized carbons (Fsp3) is 1.00. The van der Waals surface area contributed by atoms with Gasteiger partial charge in [-0.15, -0.1) is 0 Å². The van der Waals surface area contributed by atoms with Crippen molar-refractivity contribution in [2.45, 2.75) is 58.3 Å². The predicted molar refractivity (Wildman–Crippen MR) is 83.3 cm³/mol. The third-order valence-corrected chi connectivity index (χ3v) is 6.93. The molecule has 1 saturated carbocycles. The first kappa shape index (κ1) is 16.2. The average Bonchev–Trinajstić information content (AvgIpc) is 2.45. The van der Waals surface area contributed by atoms with E-state index in [-0.39, 0.29) is 5.75 Å². The van der Waals surface area contributed by atoms with Gasteiger partial charge in [-0.05, 0) is 44.1 Å². The molecule has 118 valence electrons. The summed E-state index contributed by atoms with van der Waals surface area (Å²) in [6.45, 7) is 5.07. The van der Waals surface area contributed by atoms with Gasteiger partial charge >= 0.3 is 0 Å². The van der Waals surface area contributed by atoms with E-state index in [1.165, 1.54) is 32.1 Å². The molecule has 1 spiro atoms. The van der Waals surface area contributed by atoms with E-state index in [1.54, 1.807) is 4.31 Å². The van der Waals surface area contributed by atoms with Crippen LogP contribution in [0.15, 0.2) is 0 Å². The monoisotopic (exact) mass is 302 g/mol. The molecule has 20 heavy (non-hydrogen) atoms. The predicted octanol–water partition coefficient (Wildman–Crippen LogP) is 2.36. The Hall–Kier alpha value is -0.130. The molecule has 1 N–H and O–H groups in total. The normalized spacial score (nSPS) is 24.1. The summed E-state index contributed by atoms with van der Waals surface area (Å²) in [5.74, 6) is 0.250. The van der Waals surface area contributed by atoms with E-state index in [9.17, 15) is 8.42 Å². The fourth-order valence-corrected chi connectivity index (χ4v) is 5.07. The van der Waals surface area contributed by atoms with E-state index in [0.717, 1.165) is 38.9 Å². The minimum absolute atomic E-state index is 0.250. The van der Waals surface area contributed by atoms with Crippen molar-refractivity contribution in [1.82, 2.24) is 9.62 Å². The minimum Gasteiger partial charge on any atom is -0.316 e. The van der Waals surface area contributed by atoms with Crippen molar-refractivity contribution in [2.24, 2.45) is 5.41 Å². The van der Waals surface area contributed by atoms with Crippen molar-refractivity contribution < 1.29 is 8.42 Å². The molecule has 1 aliphatic carbocycles. The maximum atomic E-state index is 12.3. The molecule has 2 aliphatic rings. The molecule has 0 aromatic carbocycles.